The van der Waals surface area contributed by atoms with E-state index >= 15 is 0 Å². The molecule has 0 saturated carbocycles. The fraction of sp³-hybridized carbons (Fsp3) is 0.208. The van der Waals surface area contributed by atoms with Gasteiger partial charge < -0.3 is 9.15 Å². The highest BCUT2D eigenvalue weighted by atomic mass is 16.5. The van der Waals surface area contributed by atoms with E-state index in [1.807, 2.05) is 12.1 Å². The van der Waals surface area contributed by atoms with Gasteiger partial charge in [0.15, 0.2) is 18.2 Å². The number of ether oxygens (including phenoxy) is 1. The summed E-state index contributed by atoms with van der Waals surface area (Å²) in [6, 6.07) is 15.7. The molecule has 1 aliphatic rings. The summed E-state index contributed by atoms with van der Waals surface area (Å²) in [5, 5.41) is 0. The summed E-state index contributed by atoms with van der Waals surface area (Å²) < 4.78 is 10.7. The maximum atomic E-state index is 12.4. The molecule has 146 valence electrons. The van der Waals surface area contributed by atoms with Gasteiger partial charge in [-0.25, -0.2) is 4.79 Å². The minimum absolute atomic E-state index is 0.0201. The summed E-state index contributed by atoms with van der Waals surface area (Å²) in [4.78, 5) is 36.0. The Morgan fingerprint density at radius 1 is 0.897 bits per heavy atom. The Bertz CT molecular complexity index is 1090. The number of esters is 1. The van der Waals surface area contributed by atoms with E-state index < -0.39 is 5.97 Å². The van der Waals surface area contributed by atoms with E-state index in [-0.39, 0.29) is 23.9 Å². The van der Waals surface area contributed by atoms with Crippen LogP contribution >= 0.6 is 0 Å². The molecule has 0 bridgehead atoms. The van der Waals surface area contributed by atoms with Gasteiger partial charge in [0.2, 0.25) is 5.76 Å². The van der Waals surface area contributed by atoms with Crippen molar-refractivity contribution in [2.45, 2.75) is 26.2 Å². The van der Waals surface area contributed by atoms with Gasteiger partial charge in [0.1, 0.15) is 5.76 Å². The van der Waals surface area contributed by atoms with Gasteiger partial charge in [0.25, 0.3) is 0 Å². The largest absolute Gasteiger partial charge is 0.451 e. The number of carbonyl (C=O) groups excluding carboxylic acids is 3. The Hall–Kier alpha value is -3.47. The van der Waals surface area contributed by atoms with Crippen LogP contribution in [0.15, 0.2) is 59.0 Å². The molecule has 29 heavy (non-hydrogen) atoms. The molecule has 1 aromatic heterocycles. The molecule has 0 radical (unpaired) electrons. The van der Waals surface area contributed by atoms with E-state index in [0.717, 1.165) is 24.8 Å². The predicted molar refractivity (Wildman–Crippen MR) is 107 cm³/mol. The number of hydrogen-bond acceptors (Lipinski definition) is 5. The van der Waals surface area contributed by atoms with Crippen LogP contribution < -0.4 is 0 Å². The Kier molecular flexibility index (Phi) is 5.12. The normalized spacial score (nSPS) is 12.4. The van der Waals surface area contributed by atoms with Gasteiger partial charge in [-0.1, -0.05) is 36.4 Å². The van der Waals surface area contributed by atoms with Crippen molar-refractivity contribution in [3.05, 3.63) is 82.6 Å². The molecule has 5 heteroatoms. The second kappa shape index (κ2) is 7.87. The maximum Gasteiger partial charge on any atom is 0.374 e. The summed E-state index contributed by atoms with van der Waals surface area (Å²) in [5.74, 6) is -0.437. The zero-order valence-corrected chi connectivity index (χ0v) is 16.1. The van der Waals surface area contributed by atoms with Gasteiger partial charge in [0.05, 0.1) is 0 Å². The fourth-order valence-electron chi connectivity index (χ4n) is 3.50. The van der Waals surface area contributed by atoms with Crippen molar-refractivity contribution in [3.63, 3.8) is 0 Å². The number of ketones is 2. The van der Waals surface area contributed by atoms with Crippen LogP contribution in [0.25, 0.3) is 11.3 Å². The molecule has 0 N–H and O–H groups in total. The monoisotopic (exact) mass is 388 g/mol. The van der Waals surface area contributed by atoms with Gasteiger partial charge >= 0.3 is 5.97 Å². The van der Waals surface area contributed by atoms with Gasteiger partial charge in [-0.15, -0.1) is 0 Å². The number of carbonyl (C=O) groups is 3. The minimum Gasteiger partial charge on any atom is -0.451 e. The highest BCUT2D eigenvalue weighted by Gasteiger charge is 2.18. The van der Waals surface area contributed by atoms with E-state index in [4.69, 9.17) is 9.15 Å². The Morgan fingerprint density at radius 2 is 1.62 bits per heavy atom. The highest BCUT2D eigenvalue weighted by Crippen LogP contribution is 2.24. The van der Waals surface area contributed by atoms with Crippen LogP contribution in [-0.4, -0.2) is 24.1 Å². The number of furan rings is 1. The van der Waals surface area contributed by atoms with E-state index in [1.54, 1.807) is 36.4 Å². The van der Waals surface area contributed by atoms with Crippen LogP contribution in [0.2, 0.25) is 0 Å². The number of benzene rings is 2. The standard InChI is InChI=1S/C24H20O5/c1-15(25)16-5-8-18(9-6-16)22-11-12-23(29-22)24(27)28-14-21(26)20-10-7-17-3-2-4-19(17)13-20/h5-13H,2-4,14H2,1H3. The van der Waals surface area contributed by atoms with Crippen molar-refractivity contribution in [1.82, 2.24) is 0 Å². The zero-order chi connectivity index (χ0) is 20.4. The molecule has 0 saturated heterocycles. The lowest BCUT2D eigenvalue weighted by Gasteiger charge is -2.05. The Labute approximate surface area is 168 Å². The smallest absolute Gasteiger partial charge is 0.374 e. The molecule has 1 aliphatic carbocycles. The second-order valence-corrected chi connectivity index (χ2v) is 7.13. The van der Waals surface area contributed by atoms with Crippen molar-refractivity contribution >= 4 is 17.5 Å². The zero-order valence-electron chi connectivity index (χ0n) is 16.1. The molecule has 5 nitrogen and oxygen atoms in total. The Balaban J connectivity index is 1.39. The average Bonchev–Trinajstić information content (AvgIpc) is 3.40. The average molecular weight is 388 g/mol. The molecule has 4 rings (SSSR count). The first-order chi connectivity index (χ1) is 14.0. The summed E-state index contributed by atoms with van der Waals surface area (Å²) in [6.45, 7) is 1.17. The van der Waals surface area contributed by atoms with Gasteiger partial charge in [-0.3, -0.25) is 9.59 Å². The third kappa shape index (κ3) is 4.04. The van der Waals surface area contributed by atoms with Crippen LogP contribution in [0.5, 0.6) is 0 Å². The fourth-order valence-corrected chi connectivity index (χ4v) is 3.50. The summed E-state index contributed by atoms with van der Waals surface area (Å²) in [7, 11) is 0. The van der Waals surface area contributed by atoms with Crippen LogP contribution in [-0.2, 0) is 17.6 Å². The summed E-state index contributed by atoms with van der Waals surface area (Å²) in [5.41, 5.74) is 4.39. The molecular formula is C24H20O5. The first-order valence-corrected chi connectivity index (χ1v) is 9.54. The van der Waals surface area contributed by atoms with Crippen LogP contribution in [0.3, 0.4) is 0 Å². The third-order valence-corrected chi connectivity index (χ3v) is 5.14. The lowest BCUT2D eigenvalue weighted by atomic mass is 10.0. The molecule has 0 aliphatic heterocycles. The topological polar surface area (TPSA) is 73.6 Å². The predicted octanol–water partition coefficient (Wildman–Crippen LogP) is 4.68. The summed E-state index contributed by atoms with van der Waals surface area (Å²) >= 11 is 0. The van der Waals surface area contributed by atoms with Gasteiger partial charge in [-0.05, 0) is 55.5 Å². The van der Waals surface area contributed by atoms with E-state index in [0.29, 0.717) is 16.9 Å². The molecule has 3 aromatic rings. The molecule has 0 atom stereocenters. The molecule has 1 heterocycles. The van der Waals surface area contributed by atoms with Crippen molar-refractivity contribution in [2.75, 3.05) is 6.61 Å². The lowest BCUT2D eigenvalue weighted by molar-refractivity contribution is 0.0445. The van der Waals surface area contributed by atoms with Gasteiger partial charge in [0, 0.05) is 16.7 Å². The molecule has 0 spiro atoms. The van der Waals surface area contributed by atoms with Crippen molar-refractivity contribution in [1.29, 1.82) is 0 Å². The second-order valence-electron chi connectivity index (χ2n) is 7.13. The highest BCUT2D eigenvalue weighted by molar-refractivity contribution is 5.99. The lowest BCUT2D eigenvalue weighted by Crippen LogP contribution is -2.14. The van der Waals surface area contributed by atoms with Crippen LogP contribution in [0, 0.1) is 0 Å². The molecule has 2 aromatic carbocycles. The molecule has 0 fully saturated rings. The number of hydrogen-bond donors (Lipinski definition) is 0. The maximum absolute atomic E-state index is 12.4. The number of aryl methyl sites for hydroxylation is 2. The van der Waals surface area contributed by atoms with Crippen LogP contribution in [0.4, 0.5) is 0 Å². The van der Waals surface area contributed by atoms with Crippen molar-refractivity contribution in [2.24, 2.45) is 0 Å². The third-order valence-electron chi connectivity index (χ3n) is 5.14. The molecule has 0 amide bonds. The molecular weight excluding hydrogens is 368 g/mol. The SMILES string of the molecule is CC(=O)c1ccc(-c2ccc(C(=O)OCC(=O)c3ccc4c(c3)CCC4)o2)cc1. The Morgan fingerprint density at radius 3 is 2.38 bits per heavy atom. The number of rotatable bonds is 6. The van der Waals surface area contributed by atoms with E-state index in [1.165, 1.54) is 24.1 Å². The summed E-state index contributed by atoms with van der Waals surface area (Å²) in [6.07, 6.45) is 3.15. The quantitative estimate of drug-likeness (QED) is 0.453. The van der Waals surface area contributed by atoms with Crippen molar-refractivity contribution in [3.8, 4) is 11.3 Å². The van der Waals surface area contributed by atoms with Crippen molar-refractivity contribution < 1.29 is 23.5 Å². The van der Waals surface area contributed by atoms with E-state index in [9.17, 15) is 14.4 Å². The number of Topliss-reactive ketones (excluding diaryl/α,β-unsaturated/α-hetero) is 2. The van der Waals surface area contributed by atoms with Gasteiger partial charge in [-0.2, -0.15) is 0 Å². The first kappa shape index (κ1) is 18.9. The van der Waals surface area contributed by atoms with Crippen LogP contribution in [0.1, 0.15) is 55.7 Å². The first-order valence-electron chi connectivity index (χ1n) is 9.54. The van der Waals surface area contributed by atoms with E-state index in [2.05, 4.69) is 0 Å². The minimum atomic E-state index is -0.689. The number of fused-ring (bicyclic) bond motifs is 1. The molecule has 0 unspecified atom stereocenters.